The first kappa shape index (κ1) is 24.3. The normalized spacial score (nSPS) is 14.4. The number of benzene rings is 3. The number of pyridine rings is 1. The lowest BCUT2D eigenvalue weighted by atomic mass is 10.1. The van der Waals surface area contributed by atoms with Crippen LogP contribution in [0.3, 0.4) is 0 Å². The summed E-state index contributed by atoms with van der Waals surface area (Å²) in [4.78, 5) is 21.3. The summed E-state index contributed by atoms with van der Waals surface area (Å²) < 4.78 is 6.23. The number of carbonyl (C=O) groups is 1. The van der Waals surface area contributed by atoms with E-state index in [1.165, 1.54) is 16.5 Å². The van der Waals surface area contributed by atoms with Gasteiger partial charge in [-0.25, -0.2) is 0 Å². The van der Waals surface area contributed by atoms with Crippen LogP contribution in [0.4, 0.5) is 0 Å². The molecule has 36 heavy (non-hydrogen) atoms. The molecule has 184 valence electrons. The number of ether oxygens (including phenoxy) is 1. The highest BCUT2D eigenvalue weighted by molar-refractivity contribution is 6.30. The third-order valence-corrected chi connectivity index (χ3v) is 6.83. The Kier molecular flexibility index (Phi) is 7.49. The van der Waals surface area contributed by atoms with E-state index in [-0.39, 0.29) is 12.0 Å². The number of halogens is 1. The molecule has 0 saturated carbocycles. The summed E-state index contributed by atoms with van der Waals surface area (Å²) in [6.45, 7) is 3.10. The largest absolute Gasteiger partial charge is 0.490 e. The van der Waals surface area contributed by atoms with E-state index in [4.69, 9.17) is 16.3 Å². The second-order valence-electron chi connectivity index (χ2n) is 9.47. The Balaban J connectivity index is 1.10. The molecule has 1 saturated heterocycles. The fourth-order valence-corrected chi connectivity index (χ4v) is 4.94. The number of likely N-dealkylation sites (tertiary alicyclic amines) is 1. The monoisotopic (exact) mass is 499 g/mol. The number of fused-ring (bicyclic) bond motifs is 1. The molecule has 3 aromatic carbocycles. The molecular weight excluding hydrogens is 470 g/mol. The molecule has 0 N–H and O–H groups in total. The zero-order valence-electron chi connectivity index (χ0n) is 20.4. The Morgan fingerprint density at radius 1 is 0.972 bits per heavy atom. The molecular formula is C30H30ClN3O2. The number of rotatable bonds is 7. The zero-order valence-corrected chi connectivity index (χ0v) is 21.2. The highest BCUT2D eigenvalue weighted by Gasteiger charge is 2.24. The number of aromatic nitrogens is 1. The van der Waals surface area contributed by atoms with Gasteiger partial charge in [0.05, 0.1) is 5.52 Å². The first-order valence-electron chi connectivity index (χ1n) is 12.4. The average molecular weight is 500 g/mol. The maximum atomic E-state index is 12.7. The van der Waals surface area contributed by atoms with Gasteiger partial charge in [-0.2, -0.15) is 0 Å². The number of carbonyl (C=O) groups excluding carboxylic acids is 1. The van der Waals surface area contributed by atoms with E-state index in [0.717, 1.165) is 37.2 Å². The molecule has 0 aliphatic carbocycles. The summed E-state index contributed by atoms with van der Waals surface area (Å²) in [7, 11) is 2.14. The lowest BCUT2D eigenvalue weighted by Crippen LogP contribution is -2.41. The molecule has 5 nitrogen and oxygen atoms in total. The fourth-order valence-electron chi connectivity index (χ4n) is 4.75. The minimum atomic E-state index is 0.0322. The smallest absolute Gasteiger partial charge is 0.253 e. The van der Waals surface area contributed by atoms with Gasteiger partial charge < -0.3 is 9.64 Å². The molecule has 2 heterocycles. The van der Waals surface area contributed by atoms with Crippen LogP contribution in [0.2, 0.25) is 5.02 Å². The van der Waals surface area contributed by atoms with Crippen molar-refractivity contribution < 1.29 is 9.53 Å². The number of hydrogen-bond donors (Lipinski definition) is 0. The molecule has 1 fully saturated rings. The van der Waals surface area contributed by atoms with Gasteiger partial charge >= 0.3 is 0 Å². The fraction of sp³-hybridized carbons (Fsp3) is 0.267. The van der Waals surface area contributed by atoms with Gasteiger partial charge in [0.15, 0.2) is 0 Å². The van der Waals surface area contributed by atoms with Crippen molar-refractivity contribution in [2.24, 2.45) is 0 Å². The lowest BCUT2D eigenvalue weighted by molar-refractivity contribution is 0.0595. The van der Waals surface area contributed by atoms with Crippen molar-refractivity contribution >= 4 is 28.4 Å². The van der Waals surface area contributed by atoms with Crippen molar-refractivity contribution in [2.75, 3.05) is 20.1 Å². The minimum Gasteiger partial charge on any atom is -0.490 e. The molecule has 4 aromatic rings. The van der Waals surface area contributed by atoms with Gasteiger partial charge in [-0.15, -0.1) is 0 Å². The second-order valence-corrected chi connectivity index (χ2v) is 9.90. The summed E-state index contributed by atoms with van der Waals surface area (Å²) in [5, 5.41) is 1.75. The highest BCUT2D eigenvalue weighted by atomic mass is 35.5. The first-order chi connectivity index (χ1) is 17.5. The Hall–Kier alpha value is -3.41. The number of amides is 1. The van der Waals surface area contributed by atoms with Crippen molar-refractivity contribution in [2.45, 2.75) is 32.0 Å². The van der Waals surface area contributed by atoms with E-state index in [1.807, 2.05) is 41.4 Å². The third-order valence-electron chi connectivity index (χ3n) is 6.60. The zero-order chi connectivity index (χ0) is 24.9. The van der Waals surface area contributed by atoms with E-state index in [1.54, 1.807) is 12.1 Å². The quantitative estimate of drug-likeness (QED) is 0.303. The van der Waals surface area contributed by atoms with Crippen LogP contribution >= 0.6 is 11.6 Å². The molecule has 0 spiro atoms. The van der Waals surface area contributed by atoms with Gasteiger partial charge in [0.2, 0.25) is 0 Å². The molecule has 0 radical (unpaired) electrons. The van der Waals surface area contributed by atoms with Crippen LogP contribution in [0, 0.1) is 0 Å². The molecule has 1 amide bonds. The van der Waals surface area contributed by atoms with Gasteiger partial charge in [-0.05, 0) is 66.7 Å². The molecule has 6 heteroatoms. The SMILES string of the molecule is CN(Cc1ccc(OC2CCN(C(=O)c3cccc(Cl)c3)CC2)cc1)Cc1ccc2ncccc2c1. The Bertz CT molecular complexity index is 1330. The summed E-state index contributed by atoms with van der Waals surface area (Å²) in [6, 6.07) is 26.0. The van der Waals surface area contributed by atoms with Gasteiger partial charge in [-0.1, -0.05) is 41.9 Å². The minimum absolute atomic E-state index is 0.0322. The Morgan fingerprint density at radius 3 is 2.50 bits per heavy atom. The highest BCUT2D eigenvalue weighted by Crippen LogP contribution is 2.22. The van der Waals surface area contributed by atoms with Crippen molar-refractivity contribution in [3.63, 3.8) is 0 Å². The summed E-state index contributed by atoms with van der Waals surface area (Å²) in [5.41, 5.74) is 4.19. The first-order valence-corrected chi connectivity index (χ1v) is 12.7. The molecule has 0 atom stereocenters. The molecule has 5 rings (SSSR count). The lowest BCUT2D eigenvalue weighted by Gasteiger charge is -2.32. The third kappa shape index (κ3) is 6.04. The number of piperidine rings is 1. The maximum Gasteiger partial charge on any atom is 0.253 e. The molecule has 1 aromatic heterocycles. The van der Waals surface area contributed by atoms with Crippen LogP contribution in [-0.4, -0.2) is 46.9 Å². The Morgan fingerprint density at radius 2 is 1.72 bits per heavy atom. The predicted octanol–water partition coefficient (Wildman–Crippen LogP) is 6.20. The predicted molar refractivity (Wildman–Crippen MR) is 144 cm³/mol. The van der Waals surface area contributed by atoms with Crippen LogP contribution in [0.15, 0.2) is 85.1 Å². The Labute approximate surface area is 217 Å². The van der Waals surface area contributed by atoms with Crippen LogP contribution in [0.25, 0.3) is 10.9 Å². The van der Waals surface area contributed by atoms with E-state index in [0.29, 0.717) is 23.7 Å². The van der Waals surface area contributed by atoms with Crippen molar-refractivity contribution in [1.82, 2.24) is 14.8 Å². The van der Waals surface area contributed by atoms with Gasteiger partial charge in [0, 0.05) is 61.2 Å². The van der Waals surface area contributed by atoms with Crippen LogP contribution in [0.1, 0.15) is 34.3 Å². The van der Waals surface area contributed by atoms with E-state index < -0.39 is 0 Å². The van der Waals surface area contributed by atoms with Crippen LogP contribution < -0.4 is 4.74 Å². The molecule has 0 bridgehead atoms. The number of nitrogens with zero attached hydrogens (tertiary/aromatic N) is 3. The van der Waals surface area contributed by atoms with E-state index >= 15 is 0 Å². The van der Waals surface area contributed by atoms with Crippen molar-refractivity contribution in [3.8, 4) is 5.75 Å². The number of hydrogen-bond acceptors (Lipinski definition) is 4. The maximum absolute atomic E-state index is 12.7. The molecule has 1 aliphatic rings. The van der Waals surface area contributed by atoms with E-state index in [9.17, 15) is 4.79 Å². The van der Waals surface area contributed by atoms with E-state index in [2.05, 4.69) is 53.3 Å². The second kappa shape index (κ2) is 11.1. The van der Waals surface area contributed by atoms with Crippen LogP contribution in [0.5, 0.6) is 5.75 Å². The van der Waals surface area contributed by atoms with Crippen LogP contribution in [-0.2, 0) is 13.1 Å². The topological polar surface area (TPSA) is 45.7 Å². The van der Waals surface area contributed by atoms with Gasteiger partial charge in [0.25, 0.3) is 5.91 Å². The van der Waals surface area contributed by atoms with Crippen molar-refractivity contribution in [1.29, 1.82) is 0 Å². The van der Waals surface area contributed by atoms with Gasteiger partial charge in [-0.3, -0.25) is 14.7 Å². The molecule has 0 unspecified atom stereocenters. The summed E-state index contributed by atoms with van der Waals surface area (Å²) in [6.07, 6.45) is 3.58. The molecule has 1 aliphatic heterocycles. The summed E-state index contributed by atoms with van der Waals surface area (Å²) >= 11 is 6.04. The van der Waals surface area contributed by atoms with Crippen molar-refractivity contribution in [3.05, 3.63) is 107 Å². The summed E-state index contributed by atoms with van der Waals surface area (Å²) in [5.74, 6) is 0.910. The van der Waals surface area contributed by atoms with Gasteiger partial charge in [0.1, 0.15) is 11.9 Å². The average Bonchev–Trinajstić information content (AvgIpc) is 2.90. The standard InChI is InChI=1S/C30H30ClN3O2/c1-33(21-23-9-12-29-24(18-23)5-3-15-32-29)20-22-7-10-27(11-8-22)36-28-13-16-34(17-14-28)30(35)25-4-2-6-26(31)19-25/h2-12,15,18-19,28H,13-14,16-17,20-21H2,1H3.